The molecule has 2 heterocycles. The normalized spacial score (nSPS) is 10.4. The molecule has 0 amide bonds. The Kier molecular flexibility index (Phi) is 2.54. The van der Waals surface area contributed by atoms with Crippen LogP contribution in [-0.2, 0) is 6.54 Å². The van der Waals surface area contributed by atoms with E-state index in [9.17, 15) is 0 Å². The summed E-state index contributed by atoms with van der Waals surface area (Å²) in [6.07, 6.45) is 3.96. The highest BCUT2D eigenvalue weighted by Crippen LogP contribution is 2.16. The Bertz CT molecular complexity index is 383. The molecule has 2 rings (SSSR count). The molecule has 0 saturated carbocycles. The second-order valence-electron chi connectivity index (χ2n) is 3.17. The van der Waals surface area contributed by atoms with Gasteiger partial charge in [0.05, 0.1) is 12.2 Å². The highest BCUT2D eigenvalue weighted by atomic mass is 32.1. The van der Waals surface area contributed by atoms with Gasteiger partial charge in [0.2, 0.25) is 0 Å². The predicted octanol–water partition coefficient (Wildman–Crippen LogP) is 2.31. The highest BCUT2D eigenvalue weighted by Gasteiger charge is 2.02. The number of aryl methyl sites for hydroxylation is 2. The van der Waals surface area contributed by atoms with Crippen LogP contribution in [0.2, 0.25) is 0 Å². The lowest BCUT2D eigenvalue weighted by Crippen LogP contribution is -2.11. The van der Waals surface area contributed by atoms with Gasteiger partial charge in [-0.15, -0.1) is 11.3 Å². The third-order valence-corrected chi connectivity index (χ3v) is 3.16. The van der Waals surface area contributed by atoms with E-state index in [1.165, 1.54) is 4.88 Å². The summed E-state index contributed by atoms with van der Waals surface area (Å²) in [5, 5.41) is 1.13. The third-order valence-electron chi connectivity index (χ3n) is 2.09. The Morgan fingerprint density at radius 2 is 2.07 bits per heavy atom. The molecule has 3 nitrogen and oxygen atoms in total. The summed E-state index contributed by atoms with van der Waals surface area (Å²) >= 11 is 1.75. The van der Waals surface area contributed by atoms with Crippen molar-refractivity contribution in [2.24, 2.45) is 0 Å². The highest BCUT2D eigenvalue weighted by molar-refractivity contribution is 7.11. The molecular weight excluding hydrogens is 194 g/mol. The first-order valence-electron chi connectivity index (χ1n) is 4.55. The van der Waals surface area contributed by atoms with Crippen molar-refractivity contribution in [1.82, 2.24) is 9.66 Å². The van der Waals surface area contributed by atoms with Crippen LogP contribution in [0, 0.1) is 13.8 Å². The Balaban J connectivity index is 1.98. The summed E-state index contributed by atoms with van der Waals surface area (Å²) in [6, 6.07) is 3.98. The molecule has 0 unspecified atom stereocenters. The van der Waals surface area contributed by atoms with Crippen LogP contribution in [0.25, 0.3) is 0 Å². The molecule has 1 N–H and O–H groups in total. The summed E-state index contributed by atoms with van der Waals surface area (Å²) in [5.74, 6) is 0. The second-order valence-corrected chi connectivity index (χ2v) is 4.46. The van der Waals surface area contributed by atoms with Crippen molar-refractivity contribution in [3.8, 4) is 0 Å². The number of rotatable bonds is 3. The van der Waals surface area contributed by atoms with E-state index in [2.05, 4.69) is 17.3 Å². The average molecular weight is 207 g/mol. The van der Waals surface area contributed by atoms with Gasteiger partial charge in [0, 0.05) is 17.3 Å². The number of hydrogen-bond donors (Lipinski definition) is 1. The molecule has 0 atom stereocenters. The van der Waals surface area contributed by atoms with Gasteiger partial charge in [-0.3, -0.25) is 4.68 Å². The number of nitrogens with one attached hydrogen (secondary N) is 1. The Morgan fingerprint density at radius 1 is 1.36 bits per heavy atom. The SMILES string of the molecule is Cc1nc(CNn2cccc2)sc1C. The molecule has 0 saturated heterocycles. The average Bonchev–Trinajstić information content (AvgIpc) is 2.74. The van der Waals surface area contributed by atoms with Crippen LogP contribution in [-0.4, -0.2) is 9.66 Å². The molecule has 0 radical (unpaired) electrons. The monoisotopic (exact) mass is 207 g/mol. The molecule has 0 aliphatic rings. The summed E-state index contributed by atoms with van der Waals surface area (Å²) < 4.78 is 1.94. The van der Waals surface area contributed by atoms with E-state index >= 15 is 0 Å². The van der Waals surface area contributed by atoms with E-state index in [4.69, 9.17) is 0 Å². The molecule has 74 valence electrons. The third kappa shape index (κ3) is 1.96. The van der Waals surface area contributed by atoms with Gasteiger partial charge < -0.3 is 5.43 Å². The zero-order valence-corrected chi connectivity index (χ0v) is 9.14. The second kappa shape index (κ2) is 3.84. The van der Waals surface area contributed by atoms with Crippen LogP contribution in [0.4, 0.5) is 0 Å². The smallest absolute Gasteiger partial charge is 0.114 e. The minimum Gasteiger partial charge on any atom is -0.320 e. The fourth-order valence-corrected chi connectivity index (χ4v) is 2.08. The van der Waals surface area contributed by atoms with Crippen molar-refractivity contribution in [2.75, 3.05) is 5.43 Å². The predicted molar refractivity (Wildman–Crippen MR) is 59.1 cm³/mol. The molecule has 2 aromatic heterocycles. The topological polar surface area (TPSA) is 29.9 Å². The lowest BCUT2D eigenvalue weighted by molar-refractivity contribution is 0.840. The molecule has 0 spiro atoms. The van der Waals surface area contributed by atoms with Gasteiger partial charge >= 0.3 is 0 Å². The first-order chi connectivity index (χ1) is 6.75. The number of hydrogen-bond acceptors (Lipinski definition) is 3. The maximum atomic E-state index is 4.45. The minimum absolute atomic E-state index is 0.786. The lowest BCUT2D eigenvalue weighted by atomic mass is 10.4. The zero-order valence-electron chi connectivity index (χ0n) is 8.32. The van der Waals surface area contributed by atoms with Crippen molar-refractivity contribution in [3.63, 3.8) is 0 Å². The van der Waals surface area contributed by atoms with Crippen LogP contribution in [0.15, 0.2) is 24.5 Å². The molecule has 4 heteroatoms. The maximum absolute atomic E-state index is 4.45. The standard InChI is InChI=1S/C10H13N3S/c1-8-9(2)14-10(12-8)7-11-13-5-3-4-6-13/h3-6,11H,7H2,1-2H3. The summed E-state index contributed by atoms with van der Waals surface area (Å²) in [5.41, 5.74) is 4.38. The van der Waals surface area contributed by atoms with E-state index in [-0.39, 0.29) is 0 Å². The maximum Gasteiger partial charge on any atom is 0.114 e. The number of aromatic nitrogens is 2. The zero-order chi connectivity index (χ0) is 9.97. The molecular formula is C10H13N3S. The van der Waals surface area contributed by atoms with Crippen molar-refractivity contribution in [2.45, 2.75) is 20.4 Å². The van der Waals surface area contributed by atoms with E-state index in [1.54, 1.807) is 11.3 Å². The van der Waals surface area contributed by atoms with Crippen molar-refractivity contribution >= 4 is 11.3 Å². The lowest BCUT2D eigenvalue weighted by Gasteiger charge is -2.03. The van der Waals surface area contributed by atoms with Crippen molar-refractivity contribution < 1.29 is 0 Å². The van der Waals surface area contributed by atoms with Crippen LogP contribution in [0.3, 0.4) is 0 Å². The van der Waals surface area contributed by atoms with Gasteiger partial charge in [-0.05, 0) is 26.0 Å². The van der Waals surface area contributed by atoms with Gasteiger partial charge in [0.1, 0.15) is 5.01 Å². The van der Waals surface area contributed by atoms with E-state index in [0.717, 1.165) is 17.2 Å². The molecule has 0 aromatic carbocycles. The first-order valence-corrected chi connectivity index (χ1v) is 5.37. The summed E-state index contributed by atoms with van der Waals surface area (Å²) in [4.78, 5) is 5.75. The fraction of sp³-hybridized carbons (Fsp3) is 0.300. The molecule has 14 heavy (non-hydrogen) atoms. The van der Waals surface area contributed by atoms with Crippen LogP contribution < -0.4 is 5.43 Å². The van der Waals surface area contributed by atoms with Crippen molar-refractivity contribution in [3.05, 3.63) is 40.1 Å². The summed E-state index contributed by atoms with van der Waals surface area (Å²) in [7, 11) is 0. The number of thiazole rings is 1. The van der Waals surface area contributed by atoms with Crippen LogP contribution in [0.1, 0.15) is 15.6 Å². The Labute approximate surface area is 87.4 Å². The van der Waals surface area contributed by atoms with E-state index in [0.29, 0.717) is 0 Å². The fourth-order valence-electron chi connectivity index (χ4n) is 1.21. The quantitative estimate of drug-likeness (QED) is 0.837. The Hall–Kier alpha value is -1.29. The van der Waals surface area contributed by atoms with E-state index < -0.39 is 0 Å². The van der Waals surface area contributed by atoms with Gasteiger partial charge in [-0.25, -0.2) is 4.98 Å². The molecule has 0 fully saturated rings. The van der Waals surface area contributed by atoms with Crippen LogP contribution >= 0.6 is 11.3 Å². The largest absolute Gasteiger partial charge is 0.320 e. The Morgan fingerprint density at radius 3 is 2.64 bits per heavy atom. The van der Waals surface area contributed by atoms with Crippen molar-refractivity contribution in [1.29, 1.82) is 0 Å². The summed E-state index contributed by atoms with van der Waals surface area (Å²) in [6.45, 7) is 4.94. The van der Waals surface area contributed by atoms with Gasteiger partial charge in [-0.1, -0.05) is 0 Å². The first kappa shape index (κ1) is 9.27. The van der Waals surface area contributed by atoms with Gasteiger partial charge in [0.15, 0.2) is 0 Å². The number of nitrogens with zero attached hydrogens (tertiary/aromatic N) is 2. The van der Waals surface area contributed by atoms with Gasteiger partial charge in [-0.2, -0.15) is 0 Å². The molecule has 0 aliphatic carbocycles. The van der Waals surface area contributed by atoms with Crippen LogP contribution in [0.5, 0.6) is 0 Å². The van der Waals surface area contributed by atoms with Gasteiger partial charge in [0.25, 0.3) is 0 Å². The molecule has 0 bridgehead atoms. The van der Waals surface area contributed by atoms with E-state index in [1.807, 2.05) is 36.1 Å². The minimum atomic E-state index is 0.786. The molecule has 2 aromatic rings. The molecule has 0 aliphatic heterocycles.